The van der Waals surface area contributed by atoms with E-state index in [4.69, 9.17) is 0 Å². The third kappa shape index (κ3) is 4.70. The minimum Gasteiger partial charge on any atom is -0.314 e. The molecule has 2 saturated heterocycles. The number of piperidine rings is 2. The lowest BCUT2D eigenvalue weighted by atomic mass is 10.0. The van der Waals surface area contributed by atoms with Gasteiger partial charge >= 0.3 is 0 Å². The largest absolute Gasteiger partial charge is 0.314 e. The van der Waals surface area contributed by atoms with Crippen molar-refractivity contribution >= 4 is 10.2 Å². The Kier molecular flexibility index (Phi) is 5.62. The summed E-state index contributed by atoms with van der Waals surface area (Å²) in [6.45, 7) is 5.07. The zero-order chi connectivity index (χ0) is 13.7. The van der Waals surface area contributed by atoms with Gasteiger partial charge in [-0.15, -0.1) is 0 Å². The fourth-order valence-electron chi connectivity index (χ4n) is 2.99. The first kappa shape index (κ1) is 15.2. The Labute approximate surface area is 117 Å². The molecule has 2 unspecified atom stereocenters. The van der Waals surface area contributed by atoms with Crippen LogP contribution in [-0.2, 0) is 10.2 Å². The zero-order valence-electron chi connectivity index (χ0n) is 11.9. The third-order valence-electron chi connectivity index (χ3n) is 4.15. The van der Waals surface area contributed by atoms with Gasteiger partial charge < -0.3 is 5.32 Å². The van der Waals surface area contributed by atoms with Gasteiger partial charge in [0.1, 0.15) is 0 Å². The monoisotopic (exact) mass is 289 g/mol. The molecular weight excluding hydrogens is 262 g/mol. The lowest BCUT2D eigenvalue weighted by molar-refractivity contribution is 0.277. The van der Waals surface area contributed by atoms with Crippen molar-refractivity contribution in [3.63, 3.8) is 0 Å². The fraction of sp³-hybridized carbons (Fsp3) is 1.00. The van der Waals surface area contributed by atoms with Crippen LogP contribution in [0.25, 0.3) is 0 Å². The molecule has 0 radical (unpaired) electrons. The molecule has 5 nitrogen and oxygen atoms in total. The predicted octanol–water partition coefficient (Wildman–Crippen LogP) is 1.08. The first-order chi connectivity index (χ1) is 9.08. The van der Waals surface area contributed by atoms with Crippen molar-refractivity contribution in [3.8, 4) is 0 Å². The minimum absolute atomic E-state index is 0.477. The van der Waals surface area contributed by atoms with E-state index in [0.29, 0.717) is 31.6 Å². The Morgan fingerprint density at radius 3 is 2.79 bits per heavy atom. The maximum Gasteiger partial charge on any atom is 0.279 e. The maximum atomic E-state index is 12.2. The topological polar surface area (TPSA) is 61.4 Å². The van der Waals surface area contributed by atoms with Crippen LogP contribution < -0.4 is 10.0 Å². The highest BCUT2D eigenvalue weighted by Gasteiger charge is 2.26. The van der Waals surface area contributed by atoms with Crippen LogP contribution >= 0.6 is 0 Å². The predicted molar refractivity (Wildman–Crippen MR) is 77.2 cm³/mol. The van der Waals surface area contributed by atoms with Crippen LogP contribution in [0.15, 0.2) is 0 Å². The highest BCUT2D eigenvalue weighted by molar-refractivity contribution is 7.87. The van der Waals surface area contributed by atoms with Gasteiger partial charge in [-0.05, 0) is 44.6 Å². The van der Waals surface area contributed by atoms with Crippen LogP contribution in [0.5, 0.6) is 0 Å². The quantitative estimate of drug-likeness (QED) is 0.796. The number of rotatable bonds is 5. The van der Waals surface area contributed by atoms with Crippen LogP contribution in [0.3, 0.4) is 0 Å². The SMILES string of the molecule is CC1CCCN(S(=O)(=O)NCCC2CCCCN2)C1. The molecule has 2 rings (SSSR count). The third-order valence-corrected chi connectivity index (χ3v) is 5.73. The number of nitrogens with one attached hydrogen (secondary N) is 2. The van der Waals surface area contributed by atoms with Crippen LogP contribution in [0.4, 0.5) is 0 Å². The molecule has 2 N–H and O–H groups in total. The van der Waals surface area contributed by atoms with Gasteiger partial charge in [-0.2, -0.15) is 12.7 Å². The highest BCUT2D eigenvalue weighted by atomic mass is 32.2. The van der Waals surface area contributed by atoms with Crippen molar-refractivity contribution in [2.45, 2.75) is 51.5 Å². The molecule has 112 valence electrons. The summed E-state index contributed by atoms with van der Waals surface area (Å²) in [6.07, 6.45) is 6.68. The summed E-state index contributed by atoms with van der Waals surface area (Å²) in [4.78, 5) is 0. The van der Waals surface area contributed by atoms with Gasteiger partial charge in [0, 0.05) is 25.7 Å². The van der Waals surface area contributed by atoms with Gasteiger partial charge in [0.25, 0.3) is 10.2 Å². The van der Waals surface area contributed by atoms with Crippen LogP contribution in [-0.4, -0.2) is 44.9 Å². The van der Waals surface area contributed by atoms with Crippen molar-refractivity contribution < 1.29 is 8.42 Å². The van der Waals surface area contributed by atoms with E-state index in [1.165, 1.54) is 19.3 Å². The summed E-state index contributed by atoms with van der Waals surface area (Å²) in [5.74, 6) is 0.477. The van der Waals surface area contributed by atoms with E-state index < -0.39 is 10.2 Å². The molecule has 19 heavy (non-hydrogen) atoms. The van der Waals surface area contributed by atoms with E-state index in [2.05, 4.69) is 17.0 Å². The number of nitrogens with zero attached hydrogens (tertiary/aromatic N) is 1. The average Bonchev–Trinajstić information content (AvgIpc) is 2.40. The lowest BCUT2D eigenvalue weighted by Gasteiger charge is -2.30. The number of hydrogen-bond acceptors (Lipinski definition) is 3. The Bertz CT molecular complexity index is 366. The van der Waals surface area contributed by atoms with E-state index in [0.717, 1.165) is 25.8 Å². The van der Waals surface area contributed by atoms with Gasteiger partial charge in [0.05, 0.1) is 0 Å². The van der Waals surface area contributed by atoms with Crippen molar-refractivity contribution in [1.82, 2.24) is 14.3 Å². The molecule has 2 heterocycles. The summed E-state index contributed by atoms with van der Waals surface area (Å²) >= 11 is 0. The summed E-state index contributed by atoms with van der Waals surface area (Å²) < 4.78 is 28.7. The lowest BCUT2D eigenvalue weighted by Crippen LogP contribution is -2.46. The van der Waals surface area contributed by atoms with Gasteiger partial charge in [0.2, 0.25) is 0 Å². The Morgan fingerprint density at radius 1 is 1.26 bits per heavy atom. The summed E-state index contributed by atoms with van der Waals surface area (Å²) in [6, 6.07) is 0.483. The second-order valence-corrected chi connectivity index (χ2v) is 7.70. The molecule has 0 amide bonds. The molecule has 0 aliphatic carbocycles. The van der Waals surface area contributed by atoms with Crippen molar-refractivity contribution in [3.05, 3.63) is 0 Å². The van der Waals surface area contributed by atoms with E-state index in [1.807, 2.05) is 0 Å². The van der Waals surface area contributed by atoms with Gasteiger partial charge in [-0.3, -0.25) is 0 Å². The van der Waals surface area contributed by atoms with Gasteiger partial charge in [-0.1, -0.05) is 13.3 Å². The van der Waals surface area contributed by atoms with Gasteiger partial charge in [-0.25, -0.2) is 4.72 Å². The summed E-state index contributed by atoms with van der Waals surface area (Å²) in [5.41, 5.74) is 0. The average molecular weight is 289 g/mol. The molecular formula is C13H27N3O2S. The first-order valence-electron chi connectivity index (χ1n) is 7.56. The second kappa shape index (κ2) is 7.02. The highest BCUT2D eigenvalue weighted by Crippen LogP contribution is 2.17. The Hall–Kier alpha value is -0.170. The molecule has 2 fully saturated rings. The molecule has 0 aromatic carbocycles. The molecule has 0 aromatic rings. The van der Waals surface area contributed by atoms with Gasteiger partial charge in [0.15, 0.2) is 0 Å². The summed E-state index contributed by atoms with van der Waals surface area (Å²) in [7, 11) is -3.26. The van der Waals surface area contributed by atoms with E-state index >= 15 is 0 Å². The normalized spacial score (nSPS) is 30.4. The van der Waals surface area contributed by atoms with Crippen molar-refractivity contribution in [1.29, 1.82) is 0 Å². The molecule has 0 saturated carbocycles. The molecule has 0 spiro atoms. The molecule has 2 atom stereocenters. The van der Waals surface area contributed by atoms with E-state index in [1.54, 1.807) is 4.31 Å². The number of hydrogen-bond donors (Lipinski definition) is 2. The molecule has 0 aromatic heterocycles. The molecule has 6 heteroatoms. The molecule has 2 aliphatic heterocycles. The van der Waals surface area contributed by atoms with Crippen LogP contribution in [0.2, 0.25) is 0 Å². The first-order valence-corrected chi connectivity index (χ1v) is 9.00. The fourth-order valence-corrected chi connectivity index (χ4v) is 4.37. The maximum absolute atomic E-state index is 12.2. The van der Waals surface area contributed by atoms with E-state index in [-0.39, 0.29) is 0 Å². The molecule has 2 aliphatic rings. The van der Waals surface area contributed by atoms with Crippen molar-refractivity contribution in [2.24, 2.45) is 5.92 Å². The molecule has 0 bridgehead atoms. The van der Waals surface area contributed by atoms with Crippen molar-refractivity contribution in [2.75, 3.05) is 26.2 Å². The summed E-state index contributed by atoms with van der Waals surface area (Å²) in [5, 5.41) is 3.44. The second-order valence-electron chi connectivity index (χ2n) is 5.94. The Morgan fingerprint density at radius 2 is 2.11 bits per heavy atom. The van der Waals surface area contributed by atoms with Crippen LogP contribution in [0.1, 0.15) is 45.4 Å². The van der Waals surface area contributed by atoms with Crippen LogP contribution in [0, 0.1) is 5.92 Å². The standard InChI is InChI=1S/C13H27N3O2S/c1-12-5-4-10-16(11-12)19(17,18)15-9-7-13-6-2-3-8-14-13/h12-15H,2-11H2,1H3. The van der Waals surface area contributed by atoms with E-state index in [9.17, 15) is 8.42 Å². The smallest absolute Gasteiger partial charge is 0.279 e. The minimum atomic E-state index is -3.26. The zero-order valence-corrected chi connectivity index (χ0v) is 12.7. The Balaban J connectivity index is 1.73.